The van der Waals surface area contributed by atoms with Crippen LogP contribution >= 0.6 is 0 Å². The van der Waals surface area contributed by atoms with Gasteiger partial charge in [0.1, 0.15) is 5.54 Å². The van der Waals surface area contributed by atoms with Crippen LogP contribution in [0.2, 0.25) is 0 Å². The molecule has 1 unspecified atom stereocenters. The molecule has 0 saturated heterocycles. The Balaban J connectivity index is 2.46. The van der Waals surface area contributed by atoms with Crippen molar-refractivity contribution in [2.24, 2.45) is 5.92 Å². The van der Waals surface area contributed by atoms with Gasteiger partial charge in [-0.15, -0.1) is 12.3 Å². The summed E-state index contributed by atoms with van der Waals surface area (Å²) in [6.45, 7) is 1.89. The van der Waals surface area contributed by atoms with Crippen molar-refractivity contribution in [1.82, 2.24) is 10.6 Å². The van der Waals surface area contributed by atoms with Gasteiger partial charge in [-0.1, -0.05) is 0 Å². The highest BCUT2D eigenvalue weighted by atomic mass is 16.4. The minimum atomic E-state index is -1.17. The lowest BCUT2D eigenvalue weighted by atomic mass is 9.96. The molecule has 3 N–H and O–H groups in total. The fraction of sp³-hybridized carbons (Fsp3) is 0.636. The van der Waals surface area contributed by atoms with Crippen molar-refractivity contribution in [3.05, 3.63) is 0 Å². The molecule has 5 heteroatoms. The maximum Gasteiger partial charge on any atom is 0.329 e. The molecular formula is C11H16N2O3. The standard InChI is InChI=1S/C11H16N2O3/c1-3-4-7-12-10(16)13-11(2,9(14)15)8-5-6-8/h1,8H,4-7H2,2H3,(H,14,15)(H2,12,13,16). The van der Waals surface area contributed by atoms with Crippen LogP contribution in [0.25, 0.3) is 0 Å². The number of carboxylic acids is 1. The molecule has 1 rings (SSSR count). The van der Waals surface area contributed by atoms with E-state index >= 15 is 0 Å². The van der Waals surface area contributed by atoms with Crippen LogP contribution in [0.5, 0.6) is 0 Å². The van der Waals surface area contributed by atoms with Gasteiger partial charge in [0.2, 0.25) is 0 Å². The molecule has 0 heterocycles. The van der Waals surface area contributed by atoms with Gasteiger partial charge in [0.25, 0.3) is 0 Å². The molecule has 1 aliphatic rings. The van der Waals surface area contributed by atoms with E-state index in [0.717, 1.165) is 12.8 Å². The lowest BCUT2D eigenvalue weighted by Gasteiger charge is -2.26. The molecule has 16 heavy (non-hydrogen) atoms. The fourth-order valence-electron chi connectivity index (χ4n) is 1.52. The summed E-state index contributed by atoms with van der Waals surface area (Å²) in [6, 6.07) is -0.480. The highest BCUT2D eigenvalue weighted by Crippen LogP contribution is 2.39. The van der Waals surface area contributed by atoms with Gasteiger partial charge < -0.3 is 15.7 Å². The van der Waals surface area contributed by atoms with E-state index in [9.17, 15) is 9.59 Å². The predicted octanol–water partition coefficient (Wildman–Crippen LogP) is 0.562. The van der Waals surface area contributed by atoms with Crippen LogP contribution in [0, 0.1) is 18.3 Å². The van der Waals surface area contributed by atoms with Crippen LogP contribution in [0.4, 0.5) is 4.79 Å². The fourth-order valence-corrected chi connectivity index (χ4v) is 1.52. The number of urea groups is 1. The Morgan fingerprint density at radius 1 is 1.56 bits per heavy atom. The lowest BCUT2D eigenvalue weighted by molar-refractivity contribution is -0.144. The van der Waals surface area contributed by atoms with E-state index in [0.29, 0.717) is 13.0 Å². The summed E-state index contributed by atoms with van der Waals surface area (Å²) in [5.74, 6) is 1.42. The van der Waals surface area contributed by atoms with Crippen molar-refractivity contribution >= 4 is 12.0 Å². The van der Waals surface area contributed by atoms with E-state index in [1.807, 2.05) is 0 Å². The number of rotatable bonds is 5. The molecule has 2 amide bonds. The average molecular weight is 224 g/mol. The third kappa shape index (κ3) is 2.89. The number of carboxylic acid groups (broad SMARTS) is 1. The molecular weight excluding hydrogens is 208 g/mol. The molecule has 1 atom stereocenters. The SMILES string of the molecule is C#CCCNC(=O)NC(C)(C(=O)O)C1CC1. The van der Waals surface area contributed by atoms with Crippen molar-refractivity contribution < 1.29 is 14.7 Å². The van der Waals surface area contributed by atoms with Gasteiger partial charge in [0.15, 0.2) is 0 Å². The number of aliphatic carboxylic acids is 1. The first-order chi connectivity index (χ1) is 7.50. The van der Waals surface area contributed by atoms with E-state index in [2.05, 4.69) is 16.6 Å². The topological polar surface area (TPSA) is 78.4 Å². The average Bonchev–Trinajstić information content (AvgIpc) is 3.00. The van der Waals surface area contributed by atoms with Crippen LogP contribution in [0.3, 0.4) is 0 Å². The molecule has 0 aromatic carbocycles. The van der Waals surface area contributed by atoms with Crippen molar-refractivity contribution in [3.8, 4) is 12.3 Å². The van der Waals surface area contributed by atoms with Gasteiger partial charge in [0, 0.05) is 13.0 Å². The Bertz CT molecular complexity index is 331. The lowest BCUT2D eigenvalue weighted by Crippen LogP contribution is -2.56. The Labute approximate surface area is 94.6 Å². The van der Waals surface area contributed by atoms with Gasteiger partial charge >= 0.3 is 12.0 Å². The predicted molar refractivity (Wildman–Crippen MR) is 58.7 cm³/mol. The number of nitrogens with one attached hydrogen (secondary N) is 2. The number of amides is 2. The number of terminal acetylenes is 1. The van der Waals surface area contributed by atoms with E-state index < -0.39 is 17.5 Å². The second-order valence-electron chi connectivity index (χ2n) is 4.12. The third-order valence-electron chi connectivity index (χ3n) is 2.77. The normalized spacial score (nSPS) is 18.0. The van der Waals surface area contributed by atoms with Crippen molar-refractivity contribution in [1.29, 1.82) is 0 Å². The monoisotopic (exact) mass is 224 g/mol. The number of carbonyl (C=O) groups excluding carboxylic acids is 1. The second-order valence-corrected chi connectivity index (χ2v) is 4.12. The zero-order valence-corrected chi connectivity index (χ0v) is 9.25. The maximum absolute atomic E-state index is 11.4. The highest BCUT2D eigenvalue weighted by molar-refractivity contribution is 5.86. The molecule has 0 spiro atoms. The Morgan fingerprint density at radius 2 is 2.19 bits per heavy atom. The number of hydrogen-bond acceptors (Lipinski definition) is 2. The minimum Gasteiger partial charge on any atom is -0.480 e. The Hall–Kier alpha value is -1.70. The van der Waals surface area contributed by atoms with Gasteiger partial charge in [-0.05, 0) is 25.7 Å². The van der Waals surface area contributed by atoms with Crippen molar-refractivity contribution in [2.45, 2.75) is 31.7 Å². The summed E-state index contributed by atoms with van der Waals surface area (Å²) in [6.07, 6.45) is 7.15. The van der Waals surface area contributed by atoms with Gasteiger partial charge in [-0.2, -0.15) is 0 Å². The van der Waals surface area contributed by atoms with Gasteiger partial charge in [-0.25, -0.2) is 9.59 Å². The van der Waals surface area contributed by atoms with Gasteiger partial charge in [-0.3, -0.25) is 0 Å². The molecule has 0 aromatic rings. The quantitative estimate of drug-likeness (QED) is 0.471. The summed E-state index contributed by atoms with van der Waals surface area (Å²) >= 11 is 0. The molecule has 1 fully saturated rings. The second kappa shape index (κ2) is 4.88. The van der Waals surface area contributed by atoms with Crippen LogP contribution < -0.4 is 10.6 Å². The van der Waals surface area contributed by atoms with Crippen LogP contribution in [0.1, 0.15) is 26.2 Å². The van der Waals surface area contributed by atoms with E-state index in [1.54, 1.807) is 0 Å². The molecule has 5 nitrogen and oxygen atoms in total. The van der Waals surface area contributed by atoms with E-state index in [1.165, 1.54) is 6.92 Å². The molecule has 1 aliphatic carbocycles. The summed E-state index contributed by atoms with van der Waals surface area (Å²) in [7, 11) is 0. The highest BCUT2D eigenvalue weighted by Gasteiger charge is 2.48. The molecule has 0 aromatic heterocycles. The minimum absolute atomic E-state index is 0.0309. The largest absolute Gasteiger partial charge is 0.480 e. The van der Waals surface area contributed by atoms with Crippen LogP contribution in [0.15, 0.2) is 0 Å². The first-order valence-corrected chi connectivity index (χ1v) is 5.23. The molecule has 0 aliphatic heterocycles. The van der Waals surface area contributed by atoms with Crippen molar-refractivity contribution in [3.63, 3.8) is 0 Å². The molecule has 88 valence electrons. The summed E-state index contributed by atoms with van der Waals surface area (Å²) in [4.78, 5) is 22.5. The molecule has 0 radical (unpaired) electrons. The van der Waals surface area contributed by atoms with Gasteiger partial charge in [0.05, 0.1) is 0 Å². The van der Waals surface area contributed by atoms with Crippen LogP contribution in [-0.2, 0) is 4.79 Å². The summed E-state index contributed by atoms with van der Waals surface area (Å²) in [5.41, 5.74) is -1.17. The summed E-state index contributed by atoms with van der Waals surface area (Å²) in [5, 5.41) is 14.1. The number of carbonyl (C=O) groups is 2. The third-order valence-corrected chi connectivity index (χ3v) is 2.77. The Morgan fingerprint density at radius 3 is 2.62 bits per heavy atom. The maximum atomic E-state index is 11.4. The zero-order valence-electron chi connectivity index (χ0n) is 9.25. The van der Waals surface area contributed by atoms with E-state index in [-0.39, 0.29) is 5.92 Å². The smallest absolute Gasteiger partial charge is 0.329 e. The zero-order chi connectivity index (χ0) is 12.2. The van der Waals surface area contributed by atoms with Crippen molar-refractivity contribution in [2.75, 3.05) is 6.54 Å². The molecule has 0 bridgehead atoms. The first-order valence-electron chi connectivity index (χ1n) is 5.23. The van der Waals surface area contributed by atoms with E-state index in [4.69, 9.17) is 11.5 Å². The Kier molecular flexibility index (Phi) is 3.78. The first kappa shape index (κ1) is 12.4. The summed E-state index contributed by atoms with van der Waals surface area (Å²) < 4.78 is 0. The number of hydrogen-bond donors (Lipinski definition) is 3. The molecule has 1 saturated carbocycles. The van der Waals surface area contributed by atoms with Crippen LogP contribution in [-0.4, -0.2) is 29.2 Å².